The van der Waals surface area contributed by atoms with Crippen LogP contribution < -0.4 is 15.6 Å². The van der Waals surface area contributed by atoms with Crippen LogP contribution in [0.2, 0.25) is 0 Å². The second-order valence-electron chi connectivity index (χ2n) is 9.29. The predicted molar refractivity (Wildman–Crippen MR) is 130 cm³/mol. The molecule has 0 radical (unpaired) electrons. The topological polar surface area (TPSA) is 108 Å². The van der Waals surface area contributed by atoms with Crippen molar-refractivity contribution >= 4 is 40.7 Å². The van der Waals surface area contributed by atoms with E-state index in [1.165, 1.54) is 6.20 Å². The van der Waals surface area contributed by atoms with Crippen LogP contribution in [0, 0.1) is 5.82 Å². The Morgan fingerprint density at radius 2 is 1.91 bits per heavy atom. The number of pyridine rings is 2. The highest BCUT2D eigenvalue weighted by Gasteiger charge is 2.30. The highest BCUT2D eigenvalue weighted by Crippen LogP contribution is 2.37. The molecule has 2 aliphatic heterocycles. The normalized spacial score (nSPS) is 20.2. The van der Waals surface area contributed by atoms with Gasteiger partial charge in [0.25, 0.3) is 0 Å². The number of fused-ring (bicyclic) bond motifs is 1. The van der Waals surface area contributed by atoms with Gasteiger partial charge in [-0.1, -0.05) is 17.2 Å². The third kappa shape index (κ3) is 4.57. The van der Waals surface area contributed by atoms with Crippen molar-refractivity contribution in [1.29, 1.82) is 0 Å². The predicted octanol–water partition coefficient (Wildman–Crippen LogP) is 2.13. The largest absolute Gasteiger partial charge is 0.477 e. The molecular weight excluding hydrogens is 477 g/mol. The Bertz CT molecular complexity index is 1260. The standard InChI is InChI=1S/C24H27ClFN5O4/c25-20(19(13-32)29-9-5-27-6-10-29)14-3-7-30(8-4-14)23-18(26)11-16-21(33)17(24(34)35)12-31(15-1-2-15)22(16)28-23/h11-13,15,19,27H,1-10H2,(H,34,35). The third-order valence-corrected chi connectivity index (χ3v) is 7.54. The Kier molecular flexibility index (Phi) is 6.61. The lowest BCUT2D eigenvalue weighted by atomic mass is 10.00. The molecule has 2 aromatic rings. The second kappa shape index (κ2) is 9.67. The molecule has 1 unspecified atom stereocenters. The first-order valence-corrected chi connectivity index (χ1v) is 12.3. The van der Waals surface area contributed by atoms with Gasteiger partial charge in [0.15, 0.2) is 11.6 Å². The number of aldehydes is 1. The Labute approximate surface area is 206 Å². The van der Waals surface area contributed by atoms with Gasteiger partial charge in [-0.15, -0.1) is 0 Å². The average molecular weight is 504 g/mol. The van der Waals surface area contributed by atoms with E-state index in [0.717, 1.165) is 56.9 Å². The summed E-state index contributed by atoms with van der Waals surface area (Å²) < 4.78 is 16.8. The van der Waals surface area contributed by atoms with Crippen LogP contribution in [0.5, 0.6) is 0 Å². The quantitative estimate of drug-likeness (QED) is 0.577. The first kappa shape index (κ1) is 23.9. The van der Waals surface area contributed by atoms with E-state index in [0.29, 0.717) is 36.6 Å². The molecule has 3 aliphatic rings. The number of anilines is 1. The molecule has 1 saturated carbocycles. The van der Waals surface area contributed by atoms with Gasteiger partial charge in [0.05, 0.1) is 5.39 Å². The molecule has 9 nitrogen and oxygen atoms in total. The highest BCUT2D eigenvalue weighted by molar-refractivity contribution is 6.31. The number of nitrogens with zero attached hydrogens (tertiary/aromatic N) is 4. The maximum Gasteiger partial charge on any atom is 0.341 e. The minimum atomic E-state index is -1.34. The summed E-state index contributed by atoms with van der Waals surface area (Å²) >= 11 is 6.67. The van der Waals surface area contributed by atoms with E-state index in [1.54, 1.807) is 4.57 Å². The number of carbonyl (C=O) groups excluding carboxylic acids is 1. The van der Waals surface area contributed by atoms with Crippen LogP contribution >= 0.6 is 11.6 Å². The van der Waals surface area contributed by atoms with Gasteiger partial charge in [0, 0.05) is 56.5 Å². The summed E-state index contributed by atoms with van der Waals surface area (Å²) in [5.41, 5.74) is 0.180. The maximum absolute atomic E-state index is 15.1. The van der Waals surface area contributed by atoms with Crippen molar-refractivity contribution in [3.63, 3.8) is 0 Å². The molecule has 1 atom stereocenters. The van der Waals surface area contributed by atoms with E-state index in [2.05, 4.69) is 15.2 Å². The van der Waals surface area contributed by atoms with Gasteiger partial charge >= 0.3 is 5.97 Å². The number of hydrogen-bond donors (Lipinski definition) is 2. The Morgan fingerprint density at radius 3 is 2.51 bits per heavy atom. The van der Waals surface area contributed by atoms with Gasteiger partial charge in [-0.3, -0.25) is 9.69 Å². The zero-order chi connectivity index (χ0) is 24.7. The van der Waals surface area contributed by atoms with Crippen LogP contribution in [0.3, 0.4) is 0 Å². The molecule has 0 aromatic carbocycles. The molecule has 0 bridgehead atoms. The van der Waals surface area contributed by atoms with Crippen molar-refractivity contribution < 1.29 is 19.1 Å². The number of nitrogens with one attached hydrogen (secondary N) is 1. The molecule has 0 amide bonds. The average Bonchev–Trinajstić information content (AvgIpc) is 3.71. The molecule has 4 heterocycles. The van der Waals surface area contributed by atoms with Crippen LogP contribution in [0.4, 0.5) is 10.2 Å². The van der Waals surface area contributed by atoms with Crippen LogP contribution in [0.15, 0.2) is 27.7 Å². The van der Waals surface area contributed by atoms with Gasteiger partial charge in [-0.2, -0.15) is 0 Å². The fourth-order valence-electron chi connectivity index (χ4n) is 4.95. The first-order chi connectivity index (χ1) is 16.9. The van der Waals surface area contributed by atoms with Crippen molar-refractivity contribution in [3.05, 3.63) is 44.5 Å². The van der Waals surface area contributed by atoms with Crippen LogP contribution in [0.25, 0.3) is 11.0 Å². The summed E-state index contributed by atoms with van der Waals surface area (Å²) in [7, 11) is 0. The first-order valence-electron chi connectivity index (χ1n) is 11.9. The van der Waals surface area contributed by atoms with Crippen molar-refractivity contribution in [2.45, 2.75) is 37.8 Å². The lowest BCUT2D eigenvalue weighted by molar-refractivity contribution is -0.111. The summed E-state index contributed by atoms with van der Waals surface area (Å²) in [5, 5.41) is 13.2. The third-order valence-electron chi connectivity index (χ3n) is 7.05. The van der Waals surface area contributed by atoms with Gasteiger partial charge in [0.2, 0.25) is 5.43 Å². The minimum absolute atomic E-state index is 0.0245. The molecule has 3 fully saturated rings. The fourth-order valence-corrected chi connectivity index (χ4v) is 5.32. The molecular formula is C24H27ClFN5O4. The SMILES string of the molecule is O=CC(C(Cl)=C1CCN(c2nc3c(cc2F)c(=O)c(C(=O)O)cn3C2CC2)CC1)N1CCNCC1. The summed E-state index contributed by atoms with van der Waals surface area (Å²) in [4.78, 5) is 44.4. The van der Waals surface area contributed by atoms with Crippen LogP contribution in [-0.4, -0.2) is 77.1 Å². The van der Waals surface area contributed by atoms with E-state index in [9.17, 15) is 19.5 Å². The molecule has 0 spiro atoms. The van der Waals surface area contributed by atoms with Gasteiger partial charge < -0.3 is 24.7 Å². The second-order valence-corrected chi connectivity index (χ2v) is 9.69. The zero-order valence-electron chi connectivity index (χ0n) is 19.2. The molecule has 1 aliphatic carbocycles. The number of carboxylic acid groups (broad SMARTS) is 1. The van der Waals surface area contributed by atoms with Crippen molar-refractivity contribution in [1.82, 2.24) is 19.8 Å². The van der Waals surface area contributed by atoms with Gasteiger partial charge in [0.1, 0.15) is 23.5 Å². The Morgan fingerprint density at radius 1 is 1.23 bits per heavy atom. The lowest BCUT2D eigenvalue weighted by Gasteiger charge is -2.34. The van der Waals surface area contributed by atoms with E-state index in [4.69, 9.17) is 11.6 Å². The number of aromatic carboxylic acids is 1. The number of halogens is 2. The number of carboxylic acids is 1. The Balaban J connectivity index is 1.42. The van der Waals surface area contributed by atoms with Crippen molar-refractivity contribution in [2.75, 3.05) is 44.2 Å². The molecule has 2 N–H and O–H groups in total. The monoisotopic (exact) mass is 503 g/mol. The molecule has 11 heteroatoms. The summed E-state index contributed by atoms with van der Waals surface area (Å²) in [6.45, 7) is 4.05. The number of piperazine rings is 1. The van der Waals surface area contributed by atoms with E-state index in [1.807, 2.05) is 4.90 Å². The molecule has 5 rings (SSSR count). The Hall–Kier alpha value is -2.82. The molecule has 186 valence electrons. The smallest absolute Gasteiger partial charge is 0.341 e. The molecule has 35 heavy (non-hydrogen) atoms. The number of aromatic nitrogens is 2. The zero-order valence-corrected chi connectivity index (χ0v) is 19.9. The number of piperidine rings is 1. The van der Waals surface area contributed by atoms with Gasteiger partial charge in [-0.05, 0) is 31.7 Å². The fraction of sp³-hybridized carbons (Fsp3) is 0.500. The number of carbonyl (C=O) groups is 2. The van der Waals surface area contributed by atoms with E-state index in [-0.39, 0.29) is 22.8 Å². The summed E-state index contributed by atoms with van der Waals surface area (Å²) in [6.07, 6.45) is 5.06. The van der Waals surface area contributed by atoms with Crippen molar-refractivity contribution in [3.8, 4) is 0 Å². The summed E-state index contributed by atoms with van der Waals surface area (Å²) in [6, 6.07) is 0.699. The van der Waals surface area contributed by atoms with E-state index < -0.39 is 23.3 Å². The number of hydrogen-bond acceptors (Lipinski definition) is 7. The highest BCUT2D eigenvalue weighted by atomic mass is 35.5. The number of rotatable bonds is 6. The van der Waals surface area contributed by atoms with Crippen LogP contribution in [-0.2, 0) is 4.79 Å². The maximum atomic E-state index is 15.1. The molecule has 2 saturated heterocycles. The summed E-state index contributed by atoms with van der Waals surface area (Å²) in [5.74, 6) is -1.86. The molecule has 2 aromatic heterocycles. The van der Waals surface area contributed by atoms with E-state index >= 15 is 4.39 Å². The minimum Gasteiger partial charge on any atom is -0.477 e. The lowest BCUT2D eigenvalue weighted by Crippen LogP contribution is -2.49. The van der Waals surface area contributed by atoms with Crippen molar-refractivity contribution in [2.24, 2.45) is 0 Å². The van der Waals surface area contributed by atoms with Gasteiger partial charge in [-0.25, -0.2) is 14.2 Å². The van der Waals surface area contributed by atoms with Crippen LogP contribution in [0.1, 0.15) is 42.1 Å².